The van der Waals surface area contributed by atoms with Crippen LogP contribution < -0.4 is 0 Å². The van der Waals surface area contributed by atoms with Crippen molar-refractivity contribution in [3.8, 4) is 10.8 Å². The van der Waals surface area contributed by atoms with Gasteiger partial charge in [-0.25, -0.2) is 9.78 Å². The molecule has 7 heteroatoms. The van der Waals surface area contributed by atoms with Gasteiger partial charge in [-0.15, -0.1) is 34.9 Å². The fourth-order valence-corrected chi connectivity index (χ4v) is 6.12. The number of esters is 1. The van der Waals surface area contributed by atoms with Crippen molar-refractivity contribution in [2.75, 3.05) is 11.5 Å². The molecule has 0 saturated carbocycles. The summed E-state index contributed by atoms with van der Waals surface area (Å²) in [6.07, 6.45) is 2.80. The van der Waals surface area contributed by atoms with E-state index < -0.39 is 0 Å². The number of hydrogen-bond donors (Lipinski definition) is 0. The zero-order valence-corrected chi connectivity index (χ0v) is 16.4. The van der Waals surface area contributed by atoms with Gasteiger partial charge in [0.2, 0.25) is 5.89 Å². The Morgan fingerprint density at radius 2 is 2.00 bits per heavy atom. The van der Waals surface area contributed by atoms with Crippen LogP contribution in [0.2, 0.25) is 0 Å². The fraction of sp³-hybridized carbons (Fsp3) is 0.263. The topological polar surface area (TPSA) is 52.3 Å². The molecule has 3 heterocycles. The molecule has 134 valence electrons. The first-order valence-electron chi connectivity index (χ1n) is 8.28. The van der Waals surface area contributed by atoms with E-state index in [0.29, 0.717) is 21.7 Å². The van der Waals surface area contributed by atoms with Crippen LogP contribution in [0.5, 0.6) is 0 Å². The lowest BCUT2D eigenvalue weighted by atomic mass is 10.1. The molecular formula is C19H17NO3S3. The van der Waals surface area contributed by atoms with Crippen LogP contribution in [0.3, 0.4) is 0 Å². The number of thiophene rings is 1. The Hall–Kier alpha value is -1.70. The minimum absolute atomic E-state index is 0.101. The summed E-state index contributed by atoms with van der Waals surface area (Å²) in [4.78, 5) is 17.6. The van der Waals surface area contributed by atoms with Gasteiger partial charge in [0, 0.05) is 0 Å². The number of benzene rings is 1. The molecule has 1 aromatic carbocycles. The number of rotatable bonds is 5. The predicted molar refractivity (Wildman–Crippen MR) is 108 cm³/mol. The largest absolute Gasteiger partial charge is 0.455 e. The first kappa shape index (κ1) is 17.7. The summed E-state index contributed by atoms with van der Waals surface area (Å²) in [5.41, 5.74) is 2.42. The van der Waals surface area contributed by atoms with Crippen molar-refractivity contribution in [3.05, 3.63) is 64.9 Å². The lowest BCUT2D eigenvalue weighted by molar-refractivity contribution is 0.0468. The molecule has 0 spiro atoms. The van der Waals surface area contributed by atoms with Gasteiger partial charge in [0.05, 0.1) is 15.0 Å². The first-order valence-corrected chi connectivity index (χ1v) is 11.3. The summed E-state index contributed by atoms with van der Waals surface area (Å²) in [5.74, 6) is 2.61. The molecule has 4 rings (SSSR count). The molecule has 1 aliphatic heterocycles. The molecule has 3 aromatic rings. The van der Waals surface area contributed by atoms with Crippen LogP contribution in [0.4, 0.5) is 0 Å². The van der Waals surface area contributed by atoms with E-state index in [9.17, 15) is 4.79 Å². The van der Waals surface area contributed by atoms with Gasteiger partial charge in [0.1, 0.15) is 18.6 Å². The van der Waals surface area contributed by atoms with E-state index in [-0.39, 0.29) is 12.6 Å². The van der Waals surface area contributed by atoms with Gasteiger partial charge in [-0.2, -0.15) is 0 Å². The van der Waals surface area contributed by atoms with Crippen LogP contribution in [0, 0.1) is 0 Å². The Labute approximate surface area is 164 Å². The second-order valence-corrected chi connectivity index (χ2v) is 9.42. The SMILES string of the molecule is O=C(OCc1coc(-c2cccs2)n1)c1ccc(C2SCCCS2)cc1. The molecule has 1 saturated heterocycles. The highest BCUT2D eigenvalue weighted by Gasteiger charge is 2.17. The fourth-order valence-electron chi connectivity index (χ4n) is 2.57. The molecule has 0 unspecified atom stereocenters. The van der Waals surface area contributed by atoms with E-state index in [0.717, 1.165) is 4.88 Å². The highest BCUT2D eigenvalue weighted by Crippen LogP contribution is 2.43. The molecule has 1 aliphatic rings. The number of hydrogen-bond acceptors (Lipinski definition) is 7. The number of aromatic nitrogens is 1. The van der Waals surface area contributed by atoms with Crippen molar-refractivity contribution in [1.82, 2.24) is 4.98 Å². The summed E-state index contributed by atoms with van der Waals surface area (Å²) < 4.78 is 11.3. The van der Waals surface area contributed by atoms with E-state index >= 15 is 0 Å². The van der Waals surface area contributed by atoms with Gasteiger partial charge in [0.25, 0.3) is 0 Å². The van der Waals surface area contributed by atoms with Crippen molar-refractivity contribution in [3.63, 3.8) is 0 Å². The highest BCUT2D eigenvalue weighted by atomic mass is 32.2. The summed E-state index contributed by atoms with van der Waals surface area (Å²) >= 11 is 5.49. The van der Waals surface area contributed by atoms with Crippen molar-refractivity contribution in [2.24, 2.45) is 0 Å². The normalized spacial score (nSPS) is 15.1. The average Bonchev–Trinajstić information content (AvgIpc) is 3.38. The number of oxazole rings is 1. The van der Waals surface area contributed by atoms with Gasteiger partial charge in [-0.05, 0) is 47.1 Å². The molecule has 0 N–H and O–H groups in total. The monoisotopic (exact) mass is 403 g/mol. The van der Waals surface area contributed by atoms with Crippen LogP contribution in [-0.4, -0.2) is 22.5 Å². The number of carbonyl (C=O) groups is 1. The zero-order chi connectivity index (χ0) is 17.8. The molecule has 0 radical (unpaired) electrons. The van der Waals surface area contributed by atoms with Gasteiger partial charge >= 0.3 is 5.97 Å². The third-order valence-electron chi connectivity index (χ3n) is 3.88. The van der Waals surface area contributed by atoms with E-state index in [1.165, 1.54) is 29.8 Å². The van der Waals surface area contributed by atoms with Gasteiger partial charge in [0.15, 0.2) is 0 Å². The van der Waals surface area contributed by atoms with E-state index in [1.54, 1.807) is 11.3 Å². The second-order valence-electron chi connectivity index (χ2n) is 5.75. The second kappa shape index (κ2) is 8.33. The van der Waals surface area contributed by atoms with Crippen molar-refractivity contribution >= 4 is 40.8 Å². The molecule has 0 amide bonds. The molecule has 0 aliphatic carbocycles. The zero-order valence-electron chi connectivity index (χ0n) is 13.9. The quantitative estimate of drug-likeness (QED) is 0.515. The van der Waals surface area contributed by atoms with Gasteiger partial charge in [-0.1, -0.05) is 18.2 Å². The minimum atomic E-state index is -0.346. The van der Waals surface area contributed by atoms with E-state index in [2.05, 4.69) is 4.98 Å². The molecule has 1 fully saturated rings. The lowest BCUT2D eigenvalue weighted by Gasteiger charge is -2.21. The standard InChI is InChI=1S/C19H17NO3S3/c21-18(13-4-6-14(7-5-13)19-25-9-2-10-26-19)23-12-15-11-22-17(20-15)16-3-1-8-24-16/h1,3-8,11,19H,2,9-10,12H2. The number of nitrogens with zero attached hydrogens (tertiary/aromatic N) is 1. The van der Waals surface area contributed by atoms with Crippen LogP contribution in [-0.2, 0) is 11.3 Å². The molecule has 0 bridgehead atoms. The smallest absolute Gasteiger partial charge is 0.338 e. The number of thioether (sulfide) groups is 2. The molecule has 0 atom stereocenters. The van der Waals surface area contributed by atoms with Crippen molar-refractivity contribution < 1.29 is 13.9 Å². The van der Waals surface area contributed by atoms with Crippen LogP contribution in [0.1, 0.15) is 32.6 Å². The van der Waals surface area contributed by atoms with Crippen LogP contribution in [0.25, 0.3) is 10.8 Å². The summed E-state index contributed by atoms with van der Waals surface area (Å²) in [7, 11) is 0. The van der Waals surface area contributed by atoms with E-state index in [1.807, 2.05) is 65.3 Å². The maximum atomic E-state index is 12.3. The van der Waals surface area contributed by atoms with E-state index in [4.69, 9.17) is 9.15 Å². The number of ether oxygens (including phenoxy) is 1. The molecule has 4 nitrogen and oxygen atoms in total. The summed E-state index contributed by atoms with van der Waals surface area (Å²) in [5, 5.41) is 1.97. The van der Waals surface area contributed by atoms with Crippen molar-refractivity contribution in [2.45, 2.75) is 17.6 Å². The Balaban J connectivity index is 1.34. The number of carbonyl (C=O) groups excluding carboxylic acids is 1. The Kier molecular flexibility index (Phi) is 5.67. The van der Waals surface area contributed by atoms with Crippen molar-refractivity contribution in [1.29, 1.82) is 0 Å². The molecule has 2 aromatic heterocycles. The minimum Gasteiger partial charge on any atom is -0.455 e. The Bertz CT molecular complexity index is 853. The average molecular weight is 404 g/mol. The summed E-state index contributed by atoms with van der Waals surface area (Å²) in [6.45, 7) is 0.101. The highest BCUT2D eigenvalue weighted by molar-refractivity contribution is 8.16. The predicted octanol–water partition coefficient (Wildman–Crippen LogP) is 5.63. The molecule has 26 heavy (non-hydrogen) atoms. The van der Waals surface area contributed by atoms with Gasteiger partial charge < -0.3 is 9.15 Å². The van der Waals surface area contributed by atoms with Crippen LogP contribution >= 0.6 is 34.9 Å². The first-order chi connectivity index (χ1) is 12.8. The van der Waals surface area contributed by atoms with Gasteiger partial charge in [-0.3, -0.25) is 0 Å². The maximum Gasteiger partial charge on any atom is 0.338 e. The third kappa shape index (κ3) is 4.16. The third-order valence-corrected chi connectivity index (χ3v) is 7.75. The Morgan fingerprint density at radius 3 is 2.73 bits per heavy atom. The Morgan fingerprint density at radius 1 is 1.19 bits per heavy atom. The maximum absolute atomic E-state index is 12.3. The summed E-state index contributed by atoms with van der Waals surface area (Å²) in [6, 6.07) is 11.6. The molecular weight excluding hydrogens is 386 g/mol. The lowest BCUT2D eigenvalue weighted by Crippen LogP contribution is -2.06. The van der Waals surface area contributed by atoms with Crippen LogP contribution in [0.15, 0.2) is 52.5 Å².